The van der Waals surface area contributed by atoms with E-state index in [9.17, 15) is 0 Å². The van der Waals surface area contributed by atoms with Gasteiger partial charge in [-0.1, -0.05) is 161 Å². The summed E-state index contributed by atoms with van der Waals surface area (Å²) in [5.41, 5.74) is 13.0. The molecular formula is C46H36P2. The molecule has 10 rings (SSSR count). The van der Waals surface area contributed by atoms with Crippen molar-refractivity contribution in [3.8, 4) is 22.3 Å². The van der Waals surface area contributed by atoms with E-state index in [1.165, 1.54) is 76.5 Å². The Hall–Kier alpha value is -4.34. The summed E-state index contributed by atoms with van der Waals surface area (Å²) in [6, 6.07) is 55.9. The predicted molar refractivity (Wildman–Crippen MR) is 212 cm³/mol. The Morgan fingerprint density at radius 3 is 1.04 bits per heavy atom. The van der Waals surface area contributed by atoms with Crippen LogP contribution in [0.1, 0.15) is 33.6 Å². The van der Waals surface area contributed by atoms with Crippen molar-refractivity contribution < 1.29 is 0 Å². The monoisotopic (exact) mass is 650 g/mol. The Kier molecular flexibility index (Phi) is 6.63. The second-order valence-electron chi connectivity index (χ2n) is 13.9. The third-order valence-electron chi connectivity index (χ3n) is 11.2. The van der Waals surface area contributed by atoms with Crippen molar-refractivity contribution in [2.75, 3.05) is 13.3 Å². The highest BCUT2D eigenvalue weighted by Gasteiger charge is 2.41. The first-order valence-electron chi connectivity index (χ1n) is 17.1. The average Bonchev–Trinajstić information content (AvgIpc) is 3.34. The summed E-state index contributed by atoms with van der Waals surface area (Å²) in [5.74, 6) is 0. The van der Waals surface area contributed by atoms with E-state index in [1.54, 1.807) is 11.1 Å². The van der Waals surface area contributed by atoms with Crippen molar-refractivity contribution in [1.29, 1.82) is 0 Å². The highest BCUT2D eigenvalue weighted by Crippen LogP contribution is 2.72. The number of benzene rings is 8. The van der Waals surface area contributed by atoms with Crippen molar-refractivity contribution >= 4 is 58.9 Å². The van der Waals surface area contributed by atoms with Crippen LogP contribution in [0.25, 0.3) is 65.3 Å². The van der Waals surface area contributed by atoms with Gasteiger partial charge in [0.05, 0.1) is 0 Å². The lowest BCUT2D eigenvalue weighted by Gasteiger charge is -2.37. The van der Waals surface area contributed by atoms with Gasteiger partial charge in [-0.15, -0.1) is 0 Å². The Balaban J connectivity index is 1.31. The Labute approximate surface area is 285 Å². The van der Waals surface area contributed by atoms with Gasteiger partial charge in [-0.25, -0.2) is 0 Å². The van der Waals surface area contributed by atoms with Crippen LogP contribution in [0, 0.1) is 0 Å². The molecule has 0 fully saturated rings. The van der Waals surface area contributed by atoms with Crippen LogP contribution in [0.2, 0.25) is 0 Å². The molecule has 0 aromatic heterocycles. The molecule has 2 aliphatic rings. The second kappa shape index (κ2) is 11.1. The molecule has 0 bridgehead atoms. The maximum atomic E-state index is 2.61. The molecule has 0 saturated heterocycles. The predicted octanol–water partition coefficient (Wildman–Crippen LogP) is 13.7. The molecule has 0 spiro atoms. The van der Waals surface area contributed by atoms with E-state index in [0.717, 1.165) is 12.3 Å². The standard InChI is InChI=1S/C46H36P2/c1-47-27-33-21-19-29-11-3-7-15-35(29)41(33)43-37-17-9-5-13-31(37)23-25-39(43)45(47)46-40-26-24-32-14-6-10-18-38(32)44(40)42-34(28-48(46)2)22-20-30-12-4-8-16-36(30)42/h3-26,45-46H,27-28H2,1-2H3/t45-,46-,47-,48-/m0/s1. The lowest BCUT2D eigenvalue weighted by atomic mass is 9.83. The molecule has 2 heteroatoms. The molecule has 0 amide bonds. The van der Waals surface area contributed by atoms with Gasteiger partial charge in [0.1, 0.15) is 0 Å². The van der Waals surface area contributed by atoms with Crippen LogP contribution in [0.3, 0.4) is 0 Å². The lowest BCUT2D eigenvalue weighted by molar-refractivity contribution is 0.883. The molecule has 0 unspecified atom stereocenters. The molecule has 0 nitrogen and oxygen atoms in total. The minimum absolute atomic E-state index is 0.389. The van der Waals surface area contributed by atoms with Crippen LogP contribution in [0.4, 0.5) is 0 Å². The Bertz CT molecular complexity index is 2400. The van der Waals surface area contributed by atoms with Crippen LogP contribution in [0.5, 0.6) is 0 Å². The van der Waals surface area contributed by atoms with Gasteiger partial charge in [0.25, 0.3) is 0 Å². The Morgan fingerprint density at radius 1 is 0.354 bits per heavy atom. The summed E-state index contributed by atoms with van der Waals surface area (Å²) in [5, 5.41) is 10.9. The fourth-order valence-corrected chi connectivity index (χ4v) is 15.2. The summed E-state index contributed by atoms with van der Waals surface area (Å²) in [6.07, 6.45) is 2.28. The van der Waals surface area contributed by atoms with Crippen molar-refractivity contribution in [2.45, 2.75) is 23.6 Å². The van der Waals surface area contributed by atoms with Crippen LogP contribution in [-0.4, -0.2) is 13.3 Å². The molecule has 230 valence electrons. The first-order chi connectivity index (χ1) is 23.7. The molecule has 4 atom stereocenters. The van der Waals surface area contributed by atoms with Gasteiger partial charge < -0.3 is 0 Å². The summed E-state index contributed by atoms with van der Waals surface area (Å²) < 4.78 is 0. The first kappa shape index (κ1) is 28.7. The average molecular weight is 651 g/mol. The molecule has 2 aliphatic heterocycles. The molecule has 2 heterocycles. The topological polar surface area (TPSA) is 0 Å². The van der Waals surface area contributed by atoms with Gasteiger partial charge in [-0.3, -0.25) is 0 Å². The van der Waals surface area contributed by atoms with Crippen molar-refractivity contribution in [1.82, 2.24) is 0 Å². The van der Waals surface area contributed by atoms with E-state index in [4.69, 9.17) is 0 Å². The fraction of sp³-hybridized carbons (Fsp3) is 0.130. The van der Waals surface area contributed by atoms with Crippen LogP contribution in [-0.2, 0) is 12.3 Å². The highest BCUT2D eigenvalue weighted by molar-refractivity contribution is 7.60. The fourth-order valence-electron chi connectivity index (χ4n) is 9.15. The second-order valence-corrected chi connectivity index (χ2v) is 18.6. The normalized spacial score (nSPS) is 20.1. The number of fused-ring (bicyclic) bond motifs is 14. The third-order valence-corrected chi connectivity index (χ3v) is 16.1. The highest BCUT2D eigenvalue weighted by atomic mass is 31.1. The van der Waals surface area contributed by atoms with Gasteiger partial charge in [-0.05, 0) is 113 Å². The maximum Gasteiger partial charge on any atom is 0.0157 e. The summed E-state index contributed by atoms with van der Waals surface area (Å²) in [4.78, 5) is 0. The zero-order valence-corrected chi connectivity index (χ0v) is 29.1. The molecule has 0 aliphatic carbocycles. The minimum Gasteiger partial charge on any atom is -0.0967 e. The number of hydrogen-bond donors (Lipinski definition) is 0. The summed E-state index contributed by atoms with van der Waals surface area (Å²) >= 11 is 0. The van der Waals surface area contributed by atoms with Gasteiger partial charge in [0.15, 0.2) is 0 Å². The molecule has 0 saturated carbocycles. The first-order valence-corrected chi connectivity index (χ1v) is 21.2. The van der Waals surface area contributed by atoms with Crippen molar-refractivity contribution in [3.63, 3.8) is 0 Å². The largest absolute Gasteiger partial charge is 0.0967 e. The van der Waals surface area contributed by atoms with E-state index in [-0.39, 0.29) is 15.8 Å². The SMILES string of the molecule is C[P@@]1Cc2ccc3ccccc3c2-c2c(ccc3ccccc23)[C@H]1[C@@H]1c2ccc3ccccc3c2-c2c(ccc3ccccc23)C[P@]1C. The summed E-state index contributed by atoms with van der Waals surface area (Å²) in [7, 11) is -0.778. The molecule has 8 aromatic rings. The van der Waals surface area contributed by atoms with E-state index < -0.39 is 0 Å². The third kappa shape index (κ3) is 4.23. The van der Waals surface area contributed by atoms with Gasteiger partial charge >= 0.3 is 0 Å². The van der Waals surface area contributed by atoms with E-state index in [0.29, 0.717) is 11.3 Å². The molecule has 48 heavy (non-hydrogen) atoms. The van der Waals surface area contributed by atoms with Crippen LogP contribution >= 0.6 is 15.8 Å². The zero-order chi connectivity index (χ0) is 31.9. The molecule has 0 N–H and O–H groups in total. The molecule has 8 aromatic carbocycles. The van der Waals surface area contributed by atoms with Crippen molar-refractivity contribution in [2.24, 2.45) is 0 Å². The Morgan fingerprint density at radius 2 is 0.667 bits per heavy atom. The quantitative estimate of drug-likeness (QED) is 0.155. The van der Waals surface area contributed by atoms with Gasteiger partial charge in [0, 0.05) is 11.3 Å². The number of hydrogen-bond acceptors (Lipinski definition) is 0. The van der Waals surface area contributed by atoms with Crippen LogP contribution < -0.4 is 0 Å². The van der Waals surface area contributed by atoms with E-state index >= 15 is 0 Å². The van der Waals surface area contributed by atoms with Gasteiger partial charge in [0.2, 0.25) is 0 Å². The zero-order valence-electron chi connectivity index (χ0n) is 27.3. The molecule has 0 radical (unpaired) electrons. The maximum absolute atomic E-state index is 2.61. The van der Waals surface area contributed by atoms with E-state index in [2.05, 4.69) is 159 Å². The minimum atomic E-state index is -0.389. The van der Waals surface area contributed by atoms with Crippen molar-refractivity contribution in [3.05, 3.63) is 168 Å². The lowest BCUT2D eigenvalue weighted by Crippen LogP contribution is -2.11. The van der Waals surface area contributed by atoms with Gasteiger partial charge in [-0.2, -0.15) is 0 Å². The van der Waals surface area contributed by atoms with Crippen LogP contribution in [0.15, 0.2) is 146 Å². The van der Waals surface area contributed by atoms with E-state index in [1.807, 2.05) is 0 Å². The summed E-state index contributed by atoms with van der Waals surface area (Å²) in [6.45, 7) is 5.22. The smallest absolute Gasteiger partial charge is 0.0157 e. The molecular weight excluding hydrogens is 614 g/mol. The number of rotatable bonds is 1.